The number of carbonyl (C=O) groups excluding carboxylic acids is 2. The fourth-order valence-corrected chi connectivity index (χ4v) is 2.74. The Morgan fingerprint density at radius 1 is 0.889 bits per heavy atom. The summed E-state index contributed by atoms with van der Waals surface area (Å²) in [7, 11) is 0. The van der Waals surface area contributed by atoms with Crippen molar-refractivity contribution in [2.24, 2.45) is 5.92 Å². The van der Waals surface area contributed by atoms with Gasteiger partial charge in [0.25, 0.3) is 0 Å². The Morgan fingerprint density at radius 3 is 2.07 bits per heavy atom. The first-order valence-electron chi connectivity index (χ1n) is 9.28. The first-order valence-corrected chi connectivity index (χ1v) is 9.28. The molecule has 0 radical (unpaired) electrons. The van der Waals surface area contributed by atoms with E-state index in [0.29, 0.717) is 5.92 Å². The van der Waals surface area contributed by atoms with Crippen LogP contribution in [0.2, 0.25) is 0 Å². The van der Waals surface area contributed by atoms with E-state index in [0.717, 1.165) is 17.5 Å². The molecule has 2 aromatic carbocycles. The summed E-state index contributed by atoms with van der Waals surface area (Å²) in [4.78, 5) is 24.5. The third kappa shape index (κ3) is 7.13. The summed E-state index contributed by atoms with van der Waals surface area (Å²) in [6.45, 7) is 6.05. The van der Waals surface area contributed by atoms with Gasteiger partial charge >= 0.3 is 6.09 Å². The van der Waals surface area contributed by atoms with Crippen LogP contribution in [0.5, 0.6) is 0 Å². The van der Waals surface area contributed by atoms with E-state index in [9.17, 15) is 9.59 Å². The van der Waals surface area contributed by atoms with E-state index in [-0.39, 0.29) is 18.6 Å². The summed E-state index contributed by atoms with van der Waals surface area (Å²) in [5, 5.41) is 5.62. The Balaban J connectivity index is 1.87. The summed E-state index contributed by atoms with van der Waals surface area (Å²) in [6.07, 6.45) is 0.211. The summed E-state index contributed by atoms with van der Waals surface area (Å²) in [5.41, 5.74) is 1.95. The first-order chi connectivity index (χ1) is 13.0. The van der Waals surface area contributed by atoms with E-state index in [2.05, 4.69) is 24.5 Å². The van der Waals surface area contributed by atoms with Crippen LogP contribution in [0.4, 0.5) is 4.79 Å². The van der Waals surface area contributed by atoms with Gasteiger partial charge < -0.3 is 15.4 Å². The van der Waals surface area contributed by atoms with E-state index in [1.165, 1.54) is 0 Å². The molecule has 144 valence electrons. The summed E-state index contributed by atoms with van der Waals surface area (Å²) >= 11 is 0. The molecule has 27 heavy (non-hydrogen) atoms. The largest absolute Gasteiger partial charge is 0.445 e. The highest BCUT2D eigenvalue weighted by Crippen LogP contribution is 2.21. The highest BCUT2D eigenvalue weighted by Gasteiger charge is 2.21. The van der Waals surface area contributed by atoms with Gasteiger partial charge in [0.1, 0.15) is 12.6 Å². The van der Waals surface area contributed by atoms with Crippen LogP contribution in [-0.4, -0.2) is 18.0 Å². The highest BCUT2D eigenvalue weighted by molar-refractivity contribution is 5.85. The van der Waals surface area contributed by atoms with Gasteiger partial charge in [-0.25, -0.2) is 4.79 Å². The Labute approximate surface area is 161 Å². The number of rotatable bonds is 8. The number of hydrogen-bond acceptors (Lipinski definition) is 3. The topological polar surface area (TPSA) is 67.4 Å². The molecule has 5 nitrogen and oxygen atoms in total. The molecule has 0 fully saturated rings. The van der Waals surface area contributed by atoms with Gasteiger partial charge in [-0.05, 0) is 30.4 Å². The average Bonchev–Trinajstić information content (AvgIpc) is 2.67. The molecule has 2 atom stereocenters. The molecule has 0 spiro atoms. The Bertz CT molecular complexity index is 717. The van der Waals surface area contributed by atoms with Crippen LogP contribution in [0.15, 0.2) is 60.7 Å². The maximum atomic E-state index is 12.5. The van der Waals surface area contributed by atoms with Crippen LogP contribution in [0.25, 0.3) is 0 Å². The Kier molecular flexibility index (Phi) is 7.86. The Hall–Kier alpha value is -2.82. The lowest BCUT2D eigenvalue weighted by Crippen LogP contribution is -2.46. The number of ether oxygens (including phenoxy) is 1. The van der Waals surface area contributed by atoms with Crippen molar-refractivity contribution >= 4 is 12.0 Å². The fraction of sp³-hybridized carbons (Fsp3) is 0.364. The van der Waals surface area contributed by atoms with E-state index in [1.807, 2.05) is 60.7 Å². The minimum atomic E-state index is -0.688. The molecule has 5 heteroatoms. The predicted molar refractivity (Wildman–Crippen MR) is 106 cm³/mol. The molecule has 2 aromatic rings. The minimum Gasteiger partial charge on any atom is -0.445 e. The number of amides is 2. The number of nitrogens with one attached hydrogen (secondary N) is 2. The lowest BCUT2D eigenvalue weighted by atomic mass is 9.97. The standard InChI is InChI=1S/C22H28N2O3/c1-16(2)14-20(19-12-8-5-9-13-19)24-21(25)17(3)23-22(26)27-15-18-10-6-4-7-11-18/h4-13,16-17,20H,14-15H2,1-3H3,(H,23,26)(H,24,25)/t17-,20+/m1/s1. The van der Waals surface area contributed by atoms with Gasteiger partial charge in [-0.2, -0.15) is 0 Å². The number of benzene rings is 2. The van der Waals surface area contributed by atoms with Gasteiger partial charge in [-0.15, -0.1) is 0 Å². The van der Waals surface area contributed by atoms with Gasteiger partial charge in [0, 0.05) is 0 Å². The van der Waals surface area contributed by atoms with E-state index in [4.69, 9.17) is 4.74 Å². The zero-order valence-electron chi connectivity index (χ0n) is 16.1. The van der Waals surface area contributed by atoms with Crippen molar-refractivity contribution in [2.75, 3.05) is 0 Å². The van der Waals surface area contributed by atoms with Crippen LogP contribution < -0.4 is 10.6 Å². The second-order valence-electron chi connectivity index (χ2n) is 7.03. The molecule has 2 rings (SSSR count). The highest BCUT2D eigenvalue weighted by atomic mass is 16.5. The number of alkyl carbamates (subject to hydrolysis) is 1. The first kappa shape index (κ1) is 20.5. The number of carbonyl (C=O) groups is 2. The maximum absolute atomic E-state index is 12.5. The Morgan fingerprint density at radius 2 is 1.48 bits per heavy atom. The molecule has 0 aromatic heterocycles. The predicted octanol–water partition coefficient (Wildman–Crippen LogP) is 4.20. The third-order valence-corrected chi connectivity index (χ3v) is 4.17. The zero-order chi connectivity index (χ0) is 19.6. The van der Waals surface area contributed by atoms with Gasteiger partial charge in [0.05, 0.1) is 6.04 Å². The van der Waals surface area contributed by atoms with E-state index < -0.39 is 12.1 Å². The van der Waals surface area contributed by atoms with Gasteiger partial charge in [-0.1, -0.05) is 74.5 Å². The molecule has 0 heterocycles. The van der Waals surface area contributed by atoms with Gasteiger partial charge in [0.15, 0.2) is 0 Å². The van der Waals surface area contributed by atoms with Crippen LogP contribution in [0, 0.1) is 5.92 Å². The molecule has 0 aliphatic rings. The van der Waals surface area contributed by atoms with Crippen molar-refractivity contribution < 1.29 is 14.3 Å². The van der Waals surface area contributed by atoms with Crippen LogP contribution in [0.1, 0.15) is 44.4 Å². The van der Waals surface area contributed by atoms with Crippen LogP contribution >= 0.6 is 0 Å². The maximum Gasteiger partial charge on any atom is 0.408 e. The summed E-state index contributed by atoms with van der Waals surface area (Å²) in [6, 6.07) is 18.5. The molecule has 0 saturated carbocycles. The van der Waals surface area contributed by atoms with Crippen molar-refractivity contribution in [1.29, 1.82) is 0 Å². The second kappa shape index (κ2) is 10.4. The molecule has 0 saturated heterocycles. The molecular weight excluding hydrogens is 340 g/mol. The lowest BCUT2D eigenvalue weighted by molar-refractivity contribution is -0.123. The van der Waals surface area contributed by atoms with Crippen molar-refractivity contribution in [2.45, 2.75) is 45.9 Å². The monoisotopic (exact) mass is 368 g/mol. The molecule has 0 aliphatic heterocycles. The van der Waals surface area contributed by atoms with Crippen molar-refractivity contribution in [3.05, 3.63) is 71.8 Å². The normalized spacial score (nSPS) is 12.9. The van der Waals surface area contributed by atoms with Crippen molar-refractivity contribution in [3.8, 4) is 0 Å². The molecular formula is C22H28N2O3. The van der Waals surface area contributed by atoms with E-state index >= 15 is 0 Å². The quantitative estimate of drug-likeness (QED) is 0.734. The summed E-state index contributed by atoms with van der Waals surface area (Å²) < 4.78 is 5.17. The van der Waals surface area contributed by atoms with Crippen LogP contribution in [0.3, 0.4) is 0 Å². The summed E-state index contributed by atoms with van der Waals surface area (Å²) in [5.74, 6) is 0.191. The zero-order valence-corrected chi connectivity index (χ0v) is 16.1. The SMILES string of the molecule is CC(C)C[C@H](NC(=O)[C@@H](C)NC(=O)OCc1ccccc1)c1ccccc1. The number of hydrogen-bond donors (Lipinski definition) is 2. The average molecular weight is 368 g/mol. The van der Waals surface area contributed by atoms with Gasteiger partial charge in [0.2, 0.25) is 5.91 Å². The molecule has 0 bridgehead atoms. The molecule has 2 N–H and O–H groups in total. The molecule has 0 aliphatic carbocycles. The fourth-order valence-electron chi connectivity index (χ4n) is 2.74. The second-order valence-corrected chi connectivity index (χ2v) is 7.03. The minimum absolute atomic E-state index is 0.0942. The lowest BCUT2D eigenvalue weighted by Gasteiger charge is -2.23. The van der Waals surface area contributed by atoms with E-state index in [1.54, 1.807) is 6.92 Å². The molecule has 2 amide bonds. The van der Waals surface area contributed by atoms with Crippen LogP contribution in [-0.2, 0) is 16.1 Å². The smallest absolute Gasteiger partial charge is 0.408 e. The molecule has 0 unspecified atom stereocenters. The van der Waals surface area contributed by atoms with Gasteiger partial charge in [-0.3, -0.25) is 4.79 Å². The van der Waals surface area contributed by atoms with Crippen molar-refractivity contribution in [1.82, 2.24) is 10.6 Å². The van der Waals surface area contributed by atoms with Crippen molar-refractivity contribution in [3.63, 3.8) is 0 Å². The third-order valence-electron chi connectivity index (χ3n) is 4.17.